The number of rotatable bonds is 4. The Balaban J connectivity index is 2.19. The maximum atomic E-state index is 12.7. The topological polar surface area (TPSA) is 37.8 Å². The highest BCUT2D eigenvalue weighted by Crippen LogP contribution is 2.30. The maximum absolute atomic E-state index is 12.7. The average molecular weight is 299 g/mol. The number of thioether (sulfide) groups is 1. The molecule has 106 valence electrons. The molecule has 0 fully saturated rings. The molecule has 0 radical (unpaired) electrons. The van der Waals surface area contributed by atoms with Crippen molar-refractivity contribution in [1.29, 1.82) is 0 Å². The molecular formula is C13H12F3N3S. The summed E-state index contributed by atoms with van der Waals surface area (Å²) >= 11 is 1.24. The highest BCUT2D eigenvalue weighted by molar-refractivity contribution is 7.98. The molecule has 1 heterocycles. The van der Waals surface area contributed by atoms with Gasteiger partial charge in [-0.25, -0.2) is 9.97 Å². The van der Waals surface area contributed by atoms with Gasteiger partial charge in [0, 0.05) is 18.9 Å². The Morgan fingerprint density at radius 3 is 2.45 bits per heavy atom. The minimum Gasteiger partial charge on any atom is -0.373 e. The predicted octanol–water partition coefficient (Wildman–Crippen LogP) is 3.83. The summed E-state index contributed by atoms with van der Waals surface area (Å²) in [6.07, 6.45) is -4.55. The number of halogens is 3. The number of hydrogen-bond acceptors (Lipinski definition) is 4. The number of aromatic nitrogens is 2. The molecule has 2 rings (SSSR count). The molecule has 0 aliphatic rings. The molecule has 0 spiro atoms. The van der Waals surface area contributed by atoms with Crippen molar-refractivity contribution >= 4 is 17.6 Å². The number of nitrogens with one attached hydrogen (secondary N) is 1. The lowest BCUT2D eigenvalue weighted by Crippen LogP contribution is -2.12. The van der Waals surface area contributed by atoms with Gasteiger partial charge in [-0.15, -0.1) is 11.8 Å². The third-order valence-corrected chi connectivity index (χ3v) is 3.42. The summed E-state index contributed by atoms with van der Waals surface area (Å²) in [7, 11) is 1.52. The summed E-state index contributed by atoms with van der Waals surface area (Å²) in [6, 6.07) is 11.0. The smallest absolute Gasteiger partial charge is 0.373 e. The van der Waals surface area contributed by atoms with Gasteiger partial charge in [0.1, 0.15) is 10.8 Å². The molecule has 0 saturated carbocycles. The van der Waals surface area contributed by atoms with Gasteiger partial charge in [0.25, 0.3) is 0 Å². The average Bonchev–Trinajstić information content (AvgIpc) is 2.45. The monoisotopic (exact) mass is 299 g/mol. The molecule has 0 unspecified atom stereocenters. The minimum atomic E-state index is -4.55. The van der Waals surface area contributed by atoms with E-state index in [4.69, 9.17) is 0 Å². The third-order valence-electron chi connectivity index (χ3n) is 2.44. The Kier molecular flexibility index (Phi) is 4.49. The number of hydrogen-bond donors (Lipinski definition) is 1. The molecule has 20 heavy (non-hydrogen) atoms. The first-order valence-corrected chi connectivity index (χ1v) is 6.78. The predicted molar refractivity (Wildman–Crippen MR) is 72.6 cm³/mol. The van der Waals surface area contributed by atoms with Crippen LogP contribution in [-0.4, -0.2) is 17.0 Å². The van der Waals surface area contributed by atoms with Crippen LogP contribution < -0.4 is 5.32 Å². The van der Waals surface area contributed by atoms with Gasteiger partial charge in [-0.3, -0.25) is 0 Å². The van der Waals surface area contributed by atoms with Crippen LogP contribution in [0.5, 0.6) is 0 Å². The molecule has 0 aliphatic heterocycles. The van der Waals surface area contributed by atoms with Crippen molar-refractivity contribution in [3.8, 4) is 0 Å². The van der Waals surface area contributed by atoms with E-state index in [2.05, 4.69) is 15.3 Å². The summed E-state index contributed by atoms with van der Waals surface area (Å²) in [5, 5.41) is 2.91. The normalized spacial score (nSPS) is 11.4. The Bertz CT molecular complexity index is 573. The zero-order valence-electron chi connectivity index (χ0n) is 10.6. The first kappa shape index (κ1) is 14.6. The molecule has 1 N–H and O–H groups in total. The Morgan fingerprint density at radius 1 is 1.15 bits per heavy atom. The minimum absolute atomic E-state index is 0.155. The molecule has 0 amide bonds. The Morgan fingerprint density at radius 2 is 1.85 bits per heavy atom. The van der Waals surface area contributed by atoms with Crippen LogP contribution in [0.4, 0.5) is 19.0 Å². The molecule has 2 aromatic rings. The van der Waals surface area contributed by atoms with Gasteiger partial charge < -0.3 is 5.32 Å². The Hall–Kier alpha value is -1.76. The fourth-order valence-electron chi connectivity index (χ4n) is 1.49. The van der Waals surface area contributed by atoms with Gasteiger partial charge >= 0.3 is 6.18 Å². The molecule has 0 bridgehead atoms. The van der Waals surface area contributed by atoms with E-state index in [0.717, 1.165) is 5.56 Å². The van der Waals surface area contributed by atoms with Gasteiger partial charge in [0.2, 0.25) is 5.82 Å². The fraction of sp³-hybridized carbons (Fsp3) is 0.231. The van der Waals surface area contributed by atoms with Crippen LogP contribution in [0.1, 0.15) is 11.4 Å². The van der Waals surface area contributed by atoms with Crippen molar-refractivity contribution < 1.29 is 13.2 Å². The van der Waals surface area contributed by atoms with Crippen molar-refractivity contribution in [2.45, 2.75) is 17.0 Å². The molecule has 0 atom stereocenters. The summed E-state index contributed by atoms with van der Waals surface area (Å²) in [4.78, 5) is 6.97. The first-order valence-electron chi connectivity index (χ1n) is 5.80. The van der Waals surface area contributed by atoms with Gasteiger partial charge in [-0.2, -0.15) is 13.2 Å². The van der Waals surface area contributed by atoms with Gasteiger partial charge in [0.15, 0.2) is 0 Å². The molecule has 7 heteroatoms. The molecule has 1 aromatic carbocycles. The largest absolute Gasteiger partial charge is 0.451 e. The number of anilines is 1. The van der Waals surface area contributed by atoms with Crippen LogP contribution in [0.3, 0.4) is 0 Å². The van der Waals surface area contributed by atoms with Crippen molar-refractivity contribution in [3.05, 3.63) is 47.8 Å². The molecule has 3 nitrogen and oxygen atoms in total. The van der Waals surface area contributed by atoms with Crippen molar-refractivity contribution in [3.63, 3.8) is 0 Å². The van der Waals surface area contributed by atoms with E-state index >= 15 is 0 Å². The lowest BCUT2D eigenvalue weighted by Gasteiger charge is -2.09. The summed E-state index contributed by atoms with van der Waals surface area (Å²) in [5.74, 6) is -0.416. The van der Waals surface area contributed by atoms with Crippen LogP contribution >= 0.6 is 11.8 Å². The van der Waals surface area contributed by atoms with Crippen LogP contribution in [0.15, 0.2) is 41.4 Å². The summed E-state index contributed by atoms with van der Waals surface area (Å²) < 4.78 is 38.1. The Labute approximate surface area is 118 Å². The van der Waals surface area contributed by atoms with Gasteiger partial charge in [-0.1, -0.05) is 30.3 Å². The van der Waals surface area contributed by atoms with E-state index in [-0.39, 0.29) is 5.82 Å². The third kappa shape index (κ3) is 3.86. The van der Waals surface area contributed by atoms with Crippen molar-refractivity contribution in [2.75, 3.05) is 12.4 Å². The second-order valence-corrected chi connectivity index (χ2v) is 4.93. The highest BCUT2D eigenvalue weighted by atomic mass is 32.2. The van der Waals surface area contributed by atoms with Crippen molar-refractivity contribution in [2.24, 2.45) is 0 Å². The van der Waals surface area contributed by atoms with E-state index in [1.54, 1.807) is 0 Å². The fourth-order valence-corrected chi connectivity index (χ4v) is 2.34. The molecule has 1 aromatic heterocycles. The van der Waals surface area contributed by atoms with Crippen LogP contribution in [0, 0.1) is 0 Å². The quantitative estimate of drug-likeness (QED) is 0.688. The summed E-state index contributed by atoms with van der Waals surface area (Å²) in [6.45, 7) is 0. The van der Waals surface area contributed by atoms with E-state index in [1.165, 1.54) is 24.9 Å². The zero-order valence-corrected chi connectivity index (χ0v) is 11.4. The lowest BCUT2D eigenvalue weighted by molar-refractivity contribution is -0.145. The molecular weight excluding hydrogens is 287 g/mol. The van der Waals surface area contributed by atoms with Crippen LogP contribution in [-0.2, 0) is 11.9 Å². The second-order valence-electron chi connectivity index (χ2n) is 3.94. The zero-order chi connectivity index (χ0) is 14.6. The van der Waals surface area contributed by atoms with Crippen LogP contribution in [0.25, 0.3) is 0 Å². The van der Waals surface area contributed by atoms with E-state index < -0.39 is 12.0 Å². The van der Waals surface area contributed by atoms with Gasteiger partial charge in [-0.05, 0) is 5.56 Å². The second kappa shape index (κ2) is 6.13. The van der Waals surface area contributed by atoms with Crippen LogP contribution in [0.2, 0.25) is 0 Å². The van der Waals surface area contributed by atoms with E-state index in [0.29, 0.717) is 10.8 Å². The van der Waals surface area contributed by atoms with E-state index in [1.807, 2.05) is 30.3 Å². The number of alkyl halides is 3. The molecule has 0 aliphatic carbocycles. The SMILES string of the molecule is CNc1cc(SCc2ccccc2)nc(C(F)(F)F)n1. The van der Waals surface area contributed by atoms with E-state index in [9.17, 15) is 13.2 Å². The number of nitrogens with zero attached hydrogens (tertiary/aromatic N) is 2. The lowest BCUT2D eigenvalue weighted by atomic mass is 10.2. The summed E-state index contributed by atoms with van der Waals surface area (Å²) in [5.41, 5.74) is 1.02. The highest BCUT2D eigenvalue weighted by Gasteiger charge is 2.35. The maximum Gasteiger partial charge on any atom is 0.451 e. The first-order chi connectivity index (χ1) is 9.49. The molecule has 0 saturated heterocycles. The standard InChI is InChI=1S/C13H12F3N3S/c1-17-10-7-11(19-12(18-10)13(14,15)16)20-8-9-5-3-2-4-6-9/h2-7H,8H2,1H3,(H,17,18,19). The van der Waals surface area contributed by atoms with Crippen molar-refractivity contribution in [1.82, 2.24) is 9.97 Å². The van der Waals surface area contributed by atoms with Gasteiger partial charge in [0.05, 0.1) is 0 Å². The number of benzene rings is 1.